The molecule has 0 amide bonds. The van der Waals surface area contributed by atoms with Crippen molar-refractivity contribution in [3.05, 3.63) is 64.0 Å². The number of fused-ring (bicyclic) bond motifs is 2. The van der Waals surface area contributed by atoms with Gasteiger partial charge in [-0.3, -0.25) is 9.20 Å². The Labute approximate surface area is 149 Å². The summed E-state index contributed by atoms with van der Waals surface area (Å²) in [5.74, 6) is 2.06. The van der Waals surface area contributed by atoms with E-state index < -0.39 is 0 Å². The molecular weight excluding hydrogens is 342 g/mol. The summed E-state index contributed by atoms with van der Waals surface area (Å²) in [4.78, 5) is 18.7. The Bertz CT molecular complexity index is 989. The fourth-order valence-electron chi connectivity index (χ4n) is 2.81. The number of hydrogen-bond acceptors (Lipinski definition) is 5. The van der Waals surface area contributed by atoms with Crippen LogP contribution in [0, 0.1) is 0 Å². The molecule has 0 radical (unpaired) electrons. The molecular formula is C18H16ClN3O3. The third-order valence-corrected chi connectivity index (χ3v) is 4.27. The fraction of sp³-hybridized carbons (Fsp3) is 0.222. The van der Waals surface area contributed by atoms with Crippen molar-refractivity contribution in [3.63, 3.8) is 0 Å². The smallest absolute Gasteiger partial charge is 0.260 e. The van der Waals surface area contributed by atoms with Crippen molar-refractivity contribution in [2.24, 2.45) is 0 Å². The maximum atomic E-state index is 12.3. The Morgan fingerprint density at radius 2 is 2.08 bits per heavy atom. The van der Waals surface area contributed by atoms with Crippen molar-refractivity contribution < 1.29 is 9.47 Å². The SMILES string of the molecule is CN(C[C@H]1COc2ccccc2O1)c1cc(=O)n2cc(Cl)ccc2n1. The first kappa shape index (κ1) is 15.8. The molecule has 0 saturated carbocycles. The van der Waals surface area contributed by atoms with Crippen molar-refractivity contribution in [1.29, 1.82) is 0 Å². The topological polar surface area (TPSA) is 56.1 Å². The minimum Gasteiger partial charge on any atom is -0.486 e. The highest BCUT2D eigenvalue weighted by atomic mass is 35.5. The molecule has 0 unspecified atom stereocenters. The summed E-state index contributed by atoms with van der Waals surface area (Å²) in [6, 6.07) is 12.5. The van der Waals surface area contributed by atoms with Gasteiger partial charge in [-0.25, -0.2) is 4.98 Å². The molecule has 128 valence electrons. The first-order valence-electron chi connectivity index (χ1n) is 7.89. The van der Waals surface area contributed by atoms with E-state index in [0.29, 0.717) is 29.6 Å². The van der Waals surface area contributed by atoms with Crippen LogP contribution < -0.4 is 19.9 Å². The lowest BCUT2D eigenvalue weighted by Crippen LogP contribution is -2.40. The minimum absolute atomic E-state index is 0.148. The van der Waals surface area contributed by atoms with Gasteiger partial charge in [0.1, 0.15) is 18.1 Å². The molecule has 4 rings (SSSR count). The van der Waals surface area contributed by atoms with Crippen molar-refractivity contribution in [1.82, 2.24) is 9.38 Å². The first-order chi connectivity index (χ1) is 12.1. The van der Waals surface area contributed by atoms with Gasteiger partial charge >= 0.3 is 0 Å². The molecule has 3 heterocycles. The number of para-hydroxylation sites is 2. The van der Waals surface area contributed by atoms with Crippen LogP contribution in [0.15, 0.2) is 53.5 Å². The largest absolute Gasteiger partial charge is 0.486 e. The van der Waals surface area contributed by atoms with Gasteiger partial charge in [-0.1, -0.05) is 23.7 Å². The Morgan fingerprint density at radius 3 is 2.92 bits per heavy atom. The number of likely N-dealkylation sites (N-methyl/N-ethyl adjacent to an activating group) is 1. The van der Waals surface area contributed by atoms with E-state index in [0.717, 1.165) is 11.5 Å². The molecule has 0 fully saturated rings. The normalized spacial score (nSPS) is 16.0. The first-order valence-corrected chi connectivity index (χ1v) is 8.26. The molecule has 0 aliphatic carbocycles. The van der Waals surface area contributed by atoms with E-state index in [9.17, 15) is 4.79 Å². The molecule has 2 aromatic heterocycles. The number of hydrogen-bond donors (Lipinski definition) is 0. The van der Waals surface area contributed by atoms with Gasteiger partial charge in [0, 0.05) is 19.3 Å². The second-order valence-corrected chi connectivity index (χ2v) is 6.34. The molecule has 0 saturated heterocycles. The summed E-state index contributed by atoms with van der Waals surface area (Å²) in [5.41, 5.74) is 0.366. The third kappa shape index (κ3) is 3.13. The predicted octanol–water partition coefficient (Wildman–Crippen LogP) is 2.62. The van der Waals surface area contributed by atoms with Crippen LogP contribution >= 0.6 is 11.6 Å². The molecule has 1 aromatic carbocycles. The molecule has 25 heavy (non-hydrogen) atoms. The molecule has 0 spiro atoms. The van der Waals surface area contributed by atoms with Crippen LogP contribution in [-0.4, -0.2) is 35.7 Å². The van der Waals surface area contributed by atoms with E-state index >= 15 is 0 Å². The van der Waals surface area contributed by atoms with Gasteiger partial charge in [0.25, 0.3) is 5.56 Å². The van der Waals surface area contributed by atoms with Crippen LogP contribution in [0.1, 0.15) is 0 Å². The van der Waals surface area contributed by atoms with Gasteiger partial charge in [-0.15, -0.1) is 0 Å². The lowest BCUT2D eigenvalue weighted by atomic mass is 10.2. The minimum atomic E-state index is -0.180. The van der Waals surface area contributed by atoms with Crippen LogP contribution in [-0.2, 0) is 0 Å². The molecule has 3 aromatic rings. The number of halogens is 1. The number of pyridine rings is 1. The molecule has 1 atom stereocenters. The Hall–Kier alpha value is -2.73. The number of ether oxygens (including phenoxy) is 2. The monoisotopic (exact) mass is 357 g/mol. The van der Waals surface area contributed by atoms with Crippen LogP contribution in [0.3, 0.4) is 0 Å². The van der Waals surface area contributed by atoms with Gasteiger partial charge < -0.3 is 14.4 Å². The molecule has 7 heteroatoms. The Kier molecular flexibility index (Phi) is 3.97. The van der Waals surface area contributed by atoms with Crippen molar-refractivity contribution in [2.45, 2.75) is 6.10 Å². The number of nitrogens with zero attached hydrogens (tertiary/aromatic N) is 3. The number of aromatic nitrogens is 2. The third-order valence-electron chi connectivity index (χ3n) is 4.05. The second kappa shape index (κ2) is 6.29. The van der Waals surface area contributed by atoms with Crippen LogP contribution in [0.4, 0.5) is 5.82 Å². The zero-order valence-electron chi connectivity index (χ0n) is 13.6. The maximum Gasteiger partial charge on any atom is 0.260 e. The van der Waals surface area contributed by atoms with Crippen LogP contribution in [0.25, 0.3) is 5.65 Å². The average molecular weight is 358 g/mol. The summed E-state index contributed by atoms with van der Waals surface area (Å²) in [5, 5.41) is 0.490. The maximum absolute atomic E-state index is 12.3. The lowest BCUT2D eigenvalue weighted by molar-refractivity contribution is 0.0959. The number of anilines is 1. The van der Waals surface area contributed by atoms with Crippen molar-refractivity contribution in [3.8, 4) is 11.5 Å². The average Bonchev–Trinajstić information content (AvgIpc) is 2.62. The highest BCUT2D eigenvalue weighted by Crippen LogP contribution is 2.31. The number of rotatable bonds is 3. The van der Waals surface area contributed by atoms with Gasteiger partial charge in [0.15, 0.2) is 17.6 Å². The van der Waals surface area contributed by atoms with Gasteiger partial charge in [0.2, 0.25) is 0 Å². The summed E-state index contributed by atoms with van der Waals surface area (Å²) in [6.45, 7) is 0.994. The number of benzene rings is 1. The van der Waals surface area contributed by atoms with Gasteiger partial charge in [-0.2, -0.15) is 0 Å². The molecule has 1 aliphatic heterocycles. The zero-order valence-corrected chi connectivity index (χ0v) is 14.3. The van der Waals surface area contributed by atoms with Crippen LogP contribution in [0.5, 0.6) is 11.5 Å². The summed E-state index contributed by atoms with van der Waals surface area (Å²) < 4.78 is 13.1. The van der Waals surface area contributed by atoms with Crippen LogP contribution in [0.2, 0.25) is 5.02 Å². The zero-order chi connectivity index (χ0) is 17.4. The highest BCUT2D eigenvalue weighted by Gasteiger charge is 2.22. The Balaban J connectivity index is 1.56. The predicted molar refractivity (Wildman–Crippen MR) is 96.1 cm³/mol. The van der Waals surface area contributed by atoms with E-state index in [1.807, 2.05) is 36.2 Å². The van der Waals surface area contributed by atoms with E-state index in [1.165, 1.54) is 10.5 Å². The highest BCUT2D eigenvalue weighted by molar-refractivity contribution is 6.30. The van der Waals surface area contributed by atoms with Crippen molar-refractivity contribution in [2.75, 3.05) is 25.1 Å². The van der Waals surface area contributed by atoms with E-state index in [4.69, 9.17) is 21.1 Å². The van der Waals surface area contributed by atoms with Gasteiger partial charge in [0.05, 0.1) is 11.6 Å². The molecule has 1 aliphatic rings. The van der Waals surface area contributed by atoms with E-state index in [1.54, 1.807) is 18.3 Å². The Morgan fingerprint density at radius 1 is 1.28 bits per heavy atom. The molecule has 0 N–H and O–H groups in total. The molecule has 6 nitrogen and oxygen atoms in total. The summed E-state index contributed by atoms with van der Waals surface area (Å²) in [7, 11) is 1.87. The van der Waals surface area contributed by atoms with Crippen molar-refractivity contribution >= 4 is 23.1 Å². The standard InChI is InChI=1S/C18H16ClN3O3/c1-21(10-13-11-24-14-4-2-3-5-15(14)25-13)17-8-18(23)22-9-12(19)6-7-16(22)20-17/h2-9,13H,10-11H2,1H3/t13-/m0/s1. The van der Waals surface area contributed by atoms with E-state index in [-0.39, 0.29) is 11.7 Å². The summed E-state index contributed by atoms with van der Waals surface area (Å²) >= 11 is 5.93. The second-order valence-electron chi connectivity index (χ2n) is 5.91. The van der Waals surface area contributed by atoms with E-state index in [2.05, 4.69) is 4.98 Å². The lowest BCUT2D eigenvalue weighted by Gasteiger charge is -2.30. The molecule has 0 bridgehead atoms. The van der Waals surface area contributed by atoms with Gasteiger partial charge in [-0.05, 0) is 24.3 Å². The quantitative estimate of drug-likeness (QED) is 0.721. The summed E-state index contributed by atoms with van der Waals surface area (Å²) in [6.07, 6.45) is 1.41. The fourth-order valence-corrected chi connectivity index (χ4v) is 2.97.